The summed E-state index contributed by atoms with van der Waals surface area (Å²) in [5.74, 6) is 0.807. The van der Waals surface area contributed by atoms with Crippen LogP contribution < -0.4 is 0 Å². The molecular formula is C34H21N3O. The van der Waals surface area contributed by atoms with Gasteiger partial charge in [0.15, 0.2) is 11.5 Å². The molecule has 0 unspecified atom stereocenters. The Bertz CT molecular complexity index is 2120. The second-order valence-electron chi connectivity index (χ2n) is 9.49. The van der Waals surface area contributed by atoms with Gasteiger partial charge in [-0.05, 0) is 53.6 Å². The average molecular weight is 488 g/mol. The third kappa shape index (κ3) is 3.17. The third-order valence-electron chi connectivity index (χ3n) is 7.21. The predicted octanol–water partition coefficient (Wildman–Crippen LogP) is 8.81. The summed E-state index contributed by atoms with van der Waals surface area (Å²) in [5.41, 5.74) is 8.55. The van der Waals surface area contributed by atoms with Gasteiger partial charge < -0.3 is 4.42 Å². The van der Waals surface area contributed by atoms with Crippen molar-refractivity contribution in [2.45, 2.75) is 0 Å². The highest BCUT2D eigenvalue weighted by molar-refractivity contribution is 6.10. The molecule has 38 heavy (non-hydrogen) atoms. The van der Waals surface area contributed by atoms with Crippen LogP contribution in [0.4, 0.5) is 0 Å². The van der Waals surface area contributed by atoms with Gasteiger partial charge in [0.05, 0.1) is 16.6 Å². The van der Waals surface area contributed by atoms with Crippen molar-refractivity contribution >= 4 is 44.0 Å². The third-order valence-corrected chi connectivity index (χ3v) is 7.21. The van der Waals surface area contributed by atoms with Crippen LogP contribution in [0, 0.1) is 0 Å². The van der Waals surface area contributed by atoms with E-state index in [0.29, 0.717) is 5.65 Å². The molecule has 0 aliphatic carbocycles. The van der Waals surface area contributed by atoms with Gasteiger partial charge in [-0.3, -0.25) is 4.57 Å². The Morgan fingerprint density at radius 3 is 2.24 bits per heavy atom. The van der Waals surface area contributed by atoms with Crippen LogP contribution in [0.5, 0.6) is 0 Å². The minimum absolute atomic E-state index is 0.710. The average Bonchev–Trinajstić information content (AvgIpc) is 3.54. The molecule has 4 nitrogen and oxygen atoms in total. The maximum absolute atomic E-state index is 6.59. The number of rotatable bonds is 3. The van der Waals surface area contributed by atoms with E-state index >= 15 is 0 Å². The Labute approximate surface area is 218 Å². The van der Waals surface area contributed by atoms with Gasteiger partial charge in [0.1, 0.15) is 11.2 Å². The van der Waals surface area contributed by atoms with Gasteiger partial charge in [-0.25, -0.2) is 9.97 Å². The van der Waals surface area contributed by atoms with E-state index in [1.807, 2.05) is 42.5 Å². The Kier molecular flexibility index (Phi) is 4.49. The molecule has 8 rings (SSSR count). The SMILES string of the molecule is c1ccc(-c2ccc3c(c2)oc2c(-c4nc5nc6ccccc6cc5n4-c4ccccc4)cccc23)cc1. The van der Waals surface area contributed by atoms with E-state index in [1.165, 1.54) is 5.56 Å². The summed E-state index contributed by atoms with van der Waals surface area (Å²) >= 11 is 0. The lowest BCUT2D eigenvalue weighted by molar-refractivity contribution is 0.669. The Hall–Kier alpha value is -5.22. The molecule has 5 aromatic carbocycles. The molecule has 0 saturated carbocycles. The Morgan fingerprint density at radius 1 is 0.579 bits per heavy atom. The highest BCUT2D eigenvalue weighted by atomic mass is 16.3. The molecule has 0 bridgehead atoms. The molecule has 0 aliphatic heterocycles. The molecular weight excluding hydrogens is 466 g/mol. The van der Waals surface area contributed by atoms with E-state index in [1.54, 1.807) is 0 Å². The predicted molar refractivity (Wildman–Crippen MR) is 155 cm³/mol. The second kappa shape index (κ2) is 8.15. The Morgan fingerprint density at radius 2 is 1.37 bits per heavy atom. The number of fused-ring (bicyclic) bond motifs is 5. The van der Waals surface area contributed by atoms with Crippen molar-refractivity contribution in [1.82, 2.24) is 14.5 Å². The smallest absolute Gasteiger partial charge is 0.179 e. The summed E-state index contributed by atoms with van der Waals surface area (Å²) in [4.78, 5) is 10.0. The number of pyridine rings is 1. The lowest BCUT2D eigenvalue weighted by Gasteiger charge is -2.10. The minimum atomic E-state index is 0.710. The number of nitrogens with zero attached hydrogens (tertiary/aromatic N) is 3. The van der Waals surface area contributed by atoms with Crippen molar-refractivity contribution in [3.8, 4) is 28.2 Å². The van der Waals surface area contributed by atoms with E-state index in [4.69, 9.17) is 14.4 Å². The van der Waals surface area contributed by atoms with Gasteiger partial charge in [-0.2, -0.15) is 0 Å². The van der Waals surface area contributed by atoms with E-state index < -0.39 is 0 Å². The topological polar surface area (TPSA) is 43.9 Å². The molecule has 0 amide bonds. The first kappa shape index (κ1) is 20.9. The second-order valence-corrected chi connectivity index (χ2v) is 9.49. The zero-order valence-corrected chi connectivity index (χ0v) is 20.4. The summed E-state index contributed by atoms with van der Waals surface area (Å²) < 4.78 is 8.78. The summed E-state index contributed by atoms with van der Waals surface area (Å²) in [6.45, 7) is 0. The Balaban J connectivity index is 1.42. The zero-order chi connectivity index (χ0) is 25.1. The molecule has 4 heteroatoms. The van der Waals surface area contributed by atoms with Crippen molar-refractivity contribution in [3.63, 3.8) is 0 Å². The molecule has 0 spiro atoms. The lowest BCUT2D eigenvalue weighted by atomic mass is 10.0. The van der Waals surface area contributed by atoms with Crippen LogP contribution in [0.3, 0.4) is 0 Å². The molecule has 8 aromatic rings. The number of furan rings is 1. The summed E-state index contributed by atoms with van der Waals surface area (Å²) in [6, 6.07) is 43.8. The van der Waals surface area contributed by atoms with Crippen molar-refractivity contribution in [2.75, 3.05) is 0 Å². The van der Waals surface area contributed by atoms with Crippen molar-refractivity contribution in [3.05, 3.63) is 127 Å². The number of hydrogen-bond acceptors (Lipinski definition) is 3. The van der Waals surface area contributed by atoms with Gasteiger partial charge in [-0.15, -0.1) is 0 Å². The van der Waals surface area contributed by atoms with Gasteiger partial charge in [-0.1, -0.05) is 84.9 Å². The van der Waals surface area contributed by atoms with Crippen LogP contribution in [-0.2, 0) is 0 Å². The first-order valence-corrected chi connectivity index (χ1v) is 12.7. The van der Waals surface area contributed by atoms with Gasteiger partial charge in [0.2, 0.25) is 0 Å². The molecule has 3 heterocycles. The van der Waals surface area contributed by atoms with Gasteiger partial charge >= 0.3 is 0 Å². The largest absolute Gasteiger partial charge is 0.455 e. The fourth-order valence-corrected chi connectivity index (χ4v) is 5.41. The quantitative estimate of drug-likeness (QED) is 0.250. The summed E-state index contributed by atoms with van der Waals surface area (Å²) in [6.07, 6.45) is 0. The molecule has 3 aromatic heterocycles. The van der Waals surface area contributed by atoms with Crippen LogP contribution in [0.1, 0.15) is 0 Å². The van der Waals surface area contributed by atoms with Crippen LogP contribution >= 0.6 is 0 Å². The standard InChI is InChI=1S/C34H21N3O/c1-3-10-22(11-4-1)23-18-19-26-27-15-9-16-28(32(27)38-31(26)21-23)34-36-33-30(37(34)25-13-5-2-6-14-25)20-24-12-7-8-17-29(24)35-33/h1-21H. The van der Waals surface area contributed by atoms with E-state index in [2.05, 4.69) is 89.5 Å². The van der Waals surface area contributed by atoms with Gasteiger partial charge in [0, 0.05) is 21.8 Å². The maximum atomic E-state index is 6.59. The fourth-order valence-electron chi connectivity index (χ4n) is 5.41. The normalized spacial score (nSPS) is 11.7. The molecule has 0 radical (unpaired) electrons. The number of benzene rings is 5. The summed E-state index contributed by atoms with van der Waals surface area (Å²) in [7, 11) is 0. The zero-order valence-electron chi connectivity index (χ0n) is 20.4. The number of para-hydroxylation sites is 3. The molecule has 0 fully saturated rings. The first-order valence-electron chi connectivity index (χ1n) is 12.7. The highest BCUT2D eigenvalue weighted by Crippen LogP contribution is 2.39. The van der Waals surface area contributed by atoms with Crippen molar-refractivity contribution in [2.24, 2.45) is 0 Å². The minimum Gasteiger partial charge on any atom is -0.455 e. The van der Waals surface area contributed by atoms with Gasteiger partial charge in [0.25, 0.3) is 0 Å². The number of aromatic nitrogens is 3. The highest BCUT2D eigenvalue weighted by Gasteiger charge is 2.20. The molecule has 0 atom stereocenters. The molecule has 0 N–H and O–H groups in total. The molecule has 178 valence electrons. The monoisotopic (exact) mass is 487 g/mol. The van der Waals surface area contributed by atoms with Crippen LogP contribution in [0.2, 0.25) is 0 Å². The van der Waals surface area contributed by atoms with E-state index in [0.717, 1.165) is 61.0 Å². The van der Waals surface area contributed by atoms with Crippen LogP contribution in [0.15, 0.2) is 132 Å². The van der Waals surface area contributed by atoms with Crippen molar-refractivity contribution < 1.29 is 4.42 Å². The maximum Gasteiger partial charge on any atom is 0.179 e. The van der Waals surface area contributed by atoms with Crippen molar-refractivity contribution in [1.29, 1.82) is 0 Å². The van der Waals surface area contributed by atoms with Crippen LogP contribution in [0.25, 0.3) is 72.2 Å². The number of imidazole rings is 1. The van der Waals surface area contributed by atoms with E-state index in [-0.39, 0.29) is 0 Å². The van der Waals surface area contributed by atoms with Crippen LogP contribution in [-0.4, -0.2) is 14.5 Å². The molecule has 0 saturated heterocycles. The lowest BCUT2D eigenvalue weighted by Crippen LogP contribution is -1.97. The number of hydrogen-bond donors (Lipinski definition) is 0. The summed E-state index contributed by atoms with van der Waals surface area (Å²) in [5, 5.41) is 3.24. The fraction of sp³-hybridized carbons (Fsp3) is 0. The first-order chi connectivity index (χ1) is 18.8. The van der Waals surface area contributed by atoms with E-state index in [9.17, 15) is 0 Å². The molecule has 0 aliphatic rings.